The van der Waals surface area contributed by atoms with Crippen LogP contribution in [-0.2, 0) is 6.18 Å². The molecule has 0 saturated carbocycles. The fourth-order valence-corrected chi connectivity index (χ4v) is 1.25. The van der Waals surface area contributed by atoms with Crippen molar-refractivity contribution in [3.05, 3.63) is 34.3 Å². The molecule has 0 aliphatic heterocycles. The molecule has 0 bridgehead atoms. The van der Waals surface area contributed by atoms with Gasteiger partial charge in [0, 0.05) is 5.56 Å². The third-order valence-electron chi connectivity index (χ3n) is 2.17. The van der Waals surface area contributed by atoms with Gasteiger partial charge in [-0.2, -0.15) is 13.2 Å². The van der Waals surface area contributed by atoms with Gasteiger partial charge in [-0.15, -0.1) is 0 Å². The van der Waals surface area contributed by atoms with Crippen LogP contribution >= 0.6 is 11.6 Å². The van der Waals surface area contributed by atoms with Gasteiger partial charge in [-0.05, 0) is 18.2 Å². The van der Waals surface area contributed by atoms with Gasteiger partial charge in [0.15, 0.2) is 5.60 Å². The minimum atomic E-state index is -4.59. The molecule has 0 atom stereocenters. The Hall–Kier alpha value is -1.32. The Balaban J connectivity index is 3.19. The summed E-state index contributed by atoms with van der Waals surface area (Å²) in [5, 5.41) is 9.11. The number of hydrogen-bond donors (Lipinski definition) is 1. The van der Waals surface area contributed by atoms with Crippen molar-refractivity contribution in [2.45, 2.75) is 11.8 Å². The molecule has 0 aliphatic rings. The molecule has 0 amide bonds. The summed E-state index contributed by atoms with van der Waals surface area (Å²) in [5.74, 6) is 3.89. The Morgan fingerprint density at radius 1 is 1.16 bits per heavy atom. The zero-order valence-electron chi connectivity index (χ0n) is 9.36. The normalized spacial score (nSPS) is 11.9. The predicted octanol–water partition coefficient (Wildman–Crippen LogP) is 3.38. The van der Waals surface area contributed by atoms with Gasteiger partial charge in [0.05, 0.1) is 10.6 Å². The van der Waals surface area contributed by atoms with E-state index in [1.807, 2.05) is 5.92 Å². The summed E-state index contributed by atoms with van der Waals surface area (Å²) in [6, 6.07) is 2.37. The quantitative estimate of drug-likeness (QED) is 0.655. The van der Waals surface area contributed by atoms with Crippen molar-refractivity contribution in [1.82, 2.24) is 0 Å². The molecule has 0 aromatic heterocycles. The van der Waals surface area contributed by atoms with Crippen molar-refractivity contribution < 1.29 is 27.1 Å². The van der Waals surface area contributed by atoms with Crippen LogP contribution in [0.2, 0.25) is 5.02 Å². The van der Waals surface area contributed by atoms with E-state index in [4.69, 9.17) is 11.6 Å². The summed E-state index contributed by atoms with van der Waals surface area (Å²) >= 11 is 5.62. The van der Waals surface area contributed by atoms with Gasteiger partial charge in [-0.25, -0.2) is 8.78 Å². The van der Waals surface area contributed by atoms with Crippen LogP contribution in [0.5, 0.6) is 0 Å². The van der Waals surface area contributed by atoms with Gasteiger partial charge >= 0.3 is 6.18 Å². The smallest absolute Gasteiger partial charge is 0.373 e. The van der Waals surface area contributed by atoms with Gasteiger partial charge in [-0.3, -0.25) is 0 Å². The highest BCUT2D eigenvalue weighted by Crippen LogP contribution is 2.31. The van der Waals surface area contributed by atoms with Crippen LogP contribution in [0.4, 0.5) is 22.0 Å². The fourth-order valence-electron chi connectivity index (χ4n) is 1.08. The second-order valence-corrected chi connectivity index (χ2v) is 4.15. The zero-order valence-corrected chi connectivity index (χ0v) is 10.1. The minimum absolute atomic E-state index is 0.111. The molecule has 1 nitrogen and oxygen atoms in total. The molecular formula is C12H8ClF5O. The first-order valence-electron chi connectivity index (χ1n) is 4.96. The van der Waals surface area contributed by atoms with Crippen molar-refractivity contribution in [3.63, 3.8) is 0 Å². The first-order valence-corrected chi connectivity index (χ1v) is 5.34. The second-order valence-electron chi connectivity index (χ2n) is 3.74. The lowest BCUT2D eigenvalue weighted by molar-refractivity contribution is -0.137. The van der Waals surface area contributed by atoms with E-state index in [0.717, 1.165) is 12.1 Å². The SMILES string of the molecule is OC(C#Cc1cc(C(F)(F)F)ccc1Cl)(CF)CF. The number of alkyl halides is 5. The molecule has 1 N–H and O–H groups in total. The average molecular weight is 299 g/mol. The number of halogens is 6. The molecule has 0 spiro atoms. The van der Waals surface area contributed by atoms with Crippen LogP contribution in [0.15, 0.2) is 18.2 Å². The van der Waals surface area contributed by atoms with Crippen molar-refractivity contribution in [2.75, 3.05) is 13.3 Å². The monoisotopic (exact) mass is 298 g/mol. The molecule has 0 aliphatic carbocycles. The van der Waals surface area contributed by atoms with Gasteiger partial charge < -0.3 is 5.11 Å². The van der Waals surface area contributed by atoms with Gasteiger partial charge in [-0.1, -0.05) is 23.4 Å². The van der Waals surface area contributed by atoms with Crippen molar-refractivity contribution >= 4 is 11.6 Å². The van der Waals surface area contributed by atoms with E-state index in [9.17, 15) is 27.1 Å². The van der Waals surface area contributed by atoms with Gasteiger partial charge in [0.2, 0.25) is 0 Å². The molecule has 0 unspecified atom stereocenters. The molecule has 7 heteroatoms. The molecular weight excluding hydrogens is 291 g/mol. The number of rotatable bonds is 2. The molecule has 0 fully saturated rings. The standard InChI is InChI=1S/C12H8ClF5O/c13-10-2-1-9(12(16,17)18)5-8(10)3-4-11(19,6-14)7-15/h1-2,5,19H,6-7H2. The first-order chi connectivity index (χ1) is 8.72. The van der Waals surface area contributed by atoms with E-state index >= 15 is 0 Å². The Labute approximate surface area is 111 Å². The van der Waals surface area contributed by atoms with E-state index in [0.29, 0.717) is 6.07 Å². The topological polar surface area (TPSA) is 20.2 Å². The predicted molar refractivity (Wildman–Crippen MR) is 60.2 cm³/mol. The molecule has 0 heterocycles. The van der Waals surface area contributed by atoms with Crippen LogP contribution in [0.3, 0.4) is 0 Å². The Kier molecular flexibility index (Phi) is 4.77. The maximum Gasteiger partial charge on any atom is 0.416 e. The largest absolute Gasteiger partial charge is 0.416 e. The van der Waals surface area contributed by atoms with Crippen LogP contribution < -0.4 is 0 Å². The first kappa shape index (κ1) is 15.7. The number of benzene rings is 1. The van der Waals surface area contributed by atoms with Crippen LogP contribution in [0.1, 0.15) is 11.1 Å². The van der Waals surface area contributed by atoms with E-state index in [-0.39, 0.29) is 10.6 Å². The van der Waals surface area contributed by atoms with Crippen LogP contribution in [0, 0.1) is 11.8 Å². The van der Waals surface area contributed by atoms with Crippen LogP contribution in [-0.4, -0.2) is 24.1 Å². The molecule has 1 rings (SSSR count). The second kappa shape index (κ2) is 5.76. The molecule has 1 aromatic carbocycles. The summed E-state index contributed by atoms with van der Waals surface area (Å²) in [5.41, 5.74) is -3.79. The maximum atomic E-state index is 12.4. The lowest BCUT2D eigenvalue weighted by Gasteiger charge is -2.12. The lowest BCUT2D eigenvalue weighted by Crippen LogP contribution is -2.31. The highest BCUT2D eigenvalue weighted by Gasteiger charge is 2.31. The van der Waals surface area contributed by atoms with Gasteiger partial charge in [0.1, 0.15) is 13.3 Å². The van der Waals surface area contributed by atoms with E-state index in [1.165, 1.54) is 0 Å². The fraction of sp³-hybridized carbons (Fsp3) is 0.333. The van der Waals surface area contributed by atoms with Crippen molar-refractivity contribution in [2.24, 2.45) is 0 Å². The van der Waals surface area contributed by atoms with Gasteiger partial charge in [0.25, 0.3) is 0 Å². The van der Waals surface area contributed by atoms with Crippen molar-refractivity contribution in [1.29, 1.82) is 0 Å². The molecule has 104 valence electrons. The molecule has 1 aromatic rings. The summed E-state index contributed by atoms with van der Waals surface area (Å²) in [6.07, 6.45) is -4.59. The third-order valence-corrected chi connectivity index (χ3v) is 2.50. The van der Waals surface area contributed by atoms with E-state index in [2.05, 4.69) is 5.92 Å². The lowest BCUT2D eigenvalue weighted by atomic mass is 10.1. The molecule has 0 radical (unpaired) electrons. The average Bonchev–Trinajstić information content (AvgIpc) is 2.36. The van der Waals surface area contributed by atoms with Crippen molar-refractivity contribution in [3.8, 4) is 11.8 Å². The Bertz CT molecular complexity index is 511. The number of aliphatic hydroxyl groups is 1. The zero-order chi connectivity index (χ0) is 14.7. The summed E-state index contributed by atoms with van der Waals surface area (Å²) in [7, 11) is 0. The van der Waals surface area contributed by atoms with E-state index < -0.39 is 30.7 Å². The molecule has 0 saturated heterocycles. The van der Waals surface area contributed by atoms with Crippen LogP contribution in [0.25, 0.3) is 0 Å². The highest BCUT2D eigenvalue weighted by molar-refractivity contribution is 6.31. The Morgan fingerprint density at radius 3 is 2.21 bits per heavy atom. The summed E-state index contributed by atoms with van der Waals surface area (Å²) in [4.78, 5) is 0. The van der Waals surface area contributed by atoms with E-state index in [1.54, 1.807) is 0 Å². The highest BCUT2D eigenvalue weighted by atomic mass is 35.5. The number of hydrogen-bond acceptors (Lipinski definition) is 1. The third kappa shape index (κ3) is 4.08. The Morgan fingerprint density at radius 2 is 1.74 bits per heavy atom. The minimum Gasteiger partial charge on any atom is -0.373 e. The summed E-state index contributed by atoms with van der Waals surface area (Å²) < 4.78 is 62.0. The maximum absolute atomic E-state index is 12.4. The molecule has 19 heavy (non-hydrogen) atoms. The summed E-state index contributed by atoms with van der Waals surface area (Å²) in [6.45, 7) is -2.96.